The Bertz CT molecular complexity index is 1530. The Morgan fingerprint density at radius 3 is 2.48 bits per heavy atom. The predicted molar refractivity (Wildman–Crippen MR) is 138 cm³/mol. The fraction of sp³-hybridized carbons (Fsp3) is 0.115. The number of halogens is 1. The van der Waals surface area contributed by atoms with Crippen LogP contribution in [0.15, 0.2) is 60.8 Å². The van der Waals surface area contributed by atoms with E-state index in [9.17, 15) is 9.90 Å². The van der Waals surface area contributed by atoms with Gasteiger partial charge in [0, 0.05) is 49.6 Å². The van der Waals surface area contributed by atoms with Crippen LogP contribution in [-0.2, 0) is 17.8 Å². The number of aromatic nitrogens is 1. The lowest BCUT2D eigenvalue weighted by Gasteiger charge is -2.09. The molecule has 166 valence electrons. The Labute approximate surface area is 199 Å². The van der Waals surface area contributed by atoms with Crippen molar-refractivity contribution in [3.05, 3.63) is 81.8 Å². The molecule has 0 spiro atoms. The number of nitrogens with two attached hydrogens (primary N) is 2. The summed E-state index contributed by atoms with van der Waals surface area (Å²) in [5, 5.41) is 12.2. The van der Waals surface area contributed by atoms with E-state index in [1.807, 2.05) is 48.7 Å². The van der Waals surface area contributed by atoms with Gasteiger partial charge in [0.15, 0.2) is 0 Å². The zero-order valence-electron chi connectivity index (χ0n) is 17.9. The lowest BCUT2D eigenvalue weighted by molar-refractivity contribution is -0.136. The highest BCUT2D eigenvalue weighted by molar-refractivity contribution is 7.19. The number of rotatable bonds is 5. The van der Waals surface area contributed by atoms with E-state index in [4.69, 9.17) is 23.1 Å². The Balaban J connectivity index is 1.68. The van der Waals surface area contributed by atoms with Crippen LogP contribution >= 0.6 is 22.9 Å². The number of benzene rings is 3. The molecular weight excluding hydrogens is 454 g/mol. The van der Waals surface area contributed by atoms with Gasteiger partial charge < -0.3 is 21.1 Å². The Morgan fingerprint density at radius 2 is 1.76 bits per heavy atom. The molecule has 0 amide bonds. The number of fused-ring (bicyclic) bond motifs is 2. The standard InChI is InChI=1S/C26H22ClN3O2S/c1-14-23(22-10-18(27)3-5-25(22)33-14)13-30-12-17(9-26(31)32)21-4-2-15(8-24(21)30)16-6-19(28)11-20(29)7-16/h2-8,10-12H,9,13,28-29H2,1H3,(H,31,32). The molecule has 33 heavy (non-hydrogen) atoms. The van der Waals surface area contributed by atoms with Crippen LogP contribution in [0.2, 0.25) is 5.02 Å². The summed E-state index contributed by atoms with van der Waals surface area (Å²) < 4.78 is 3.31. The average Bonchev–Trinajstić information content (AvgIpc) is 3.24. The number of carboxylic acid groups (broad SMARTS) is 1. The molecule has 0 fully saturated rings. The van der Waals surface area contributed by atoms with E-state index in [0.717, 1.165) is 33.0 Å². The molecule has 0 saturated carbocycles. The van der Waals surface area contributed by atoms with Crippen LogP contribution in [0.5, 0.6) is 0 Å². The number of nitrogen functional groups attached to an aromatic ring is 2. The van der Waals surface area contributed by atoms with Gasteiger partial charge in [0.25, 0.3) is 0 Å². The fourth-order valence-corrected chi connectivity index (χ4v) is 5.66. The molecule has 0 saturated heterocycles. The lowest BCUT2D eigenvalue weighted by Crippen LogP contribution is -2.00. The molecule has 0 aliphatic heterocycles. The van der Waals surface area contributed by atoms with Crippen LogP contribution in [0.25, 0.3) is 32.1 Å². The van der Waals surface area contributed by atoms with E-state index < -0.39 is 5.97 Å². The third-order valence-corrected chi connectivity index (χ3v) is 7.26. The largest absolute Gasteiger partial charge is 0.481 e. The second-order valence-corrected chi connectivity index (χ2v) is 9.94. The highest BCUT2D eigenvalue weighted by Gasteiger charge is 2.16. The summed E-state index contributed by atoms with van der Waals surface area (Å²) in [6, 6.07) is 17.5. The first-order chi connectivity index (χ1) is 15.8. The van der Waals surface area contributed by atoms with Crippen LogP contribution in [-0.4, -0.2) is 15.6 Å². The quantitative estimate of drug-likeness (QED) is 0.259. The number of carbonyl (C=O) groups is 1. The maximum Gasteiger partial charge on any atom is 0.307 e. The van der Waals surface area contributed by atoms with Crippen molar-refractivity contribution >= 4 is 61.3 Å². The molecule has 3 aromatic carbocycles. The summed E-state index contributed by atoms with van der Waals surface area (Å²) in [5.74, 6) is -0.856. The smallest absolute Gasteiger partial charge is 0.307 e. The molecule has 0 atom stereocenters. The SMILES string of the molecule is Cc1sc2ccc(Cl)cc2c1Cn1cc(CC(=O)O)c2ccc(-c3cc(N)cc(N)c3)cc21. The molecule has 0 unspecified atom stereocenters. The summed E-state index contributed by atoms with van der Waals surface area (Å²) in [6.07, 6.45) is 1.91. The predicted octanol–water partition coefficient (Wildman–Crippen LogP) is 6.32. The molecule has 0 radical (unpaired) electrons. The lowest BCUT2D eigenvalue weighted by atomic mass is 10.0. The Kier molecular flexibility index (Phi) is 5.27. The molecule has 0 aliphatic rings. The van der Waals surface area contributed by atoms with E-state index in [1.165, 1.54) is 15.1 Å². The van der Waals surface area contributed by atoms with Crippen molar-refractivity contribution < 1.29 is 9.90 Å². The highest BCUT2D eigenvalue weighted by Crippen LogP contribution is 2.35. The third kappa shape index (κ3) is 4.03. The van der Waals surface area contributed by atoms with Crippen LogP contribution in [0.3, 0.4) is 0 Å². The van der Waals surface area contributed by atoms with Crippen LogP contribution in [0, 0.1) is 6.92 Å². The molecule has 0 aliphatic carbocycles. The summed E-state index contributed by atoms with van der Waals surface area (Å²) in [6.45, 7) is 2.73. The van der Waals surface area contributed by atoms with Crippen molar-refractivity contribution in [2.24, 2.45) is 0 Å². The molecule has 7 heteroatoms. The number of carboxylic acids is 1. The van der Waals surface area contributed by atoms with Gasteiger partial charge in [-0.1, -0.05) is 23.7 Å². The van der Waals surface area contributed by atoms with Gasteiger partial charge in [-0.15, -0.1) is 11.3 Å². The van der Waals surface area contributed by atoms with E-state index in [0.29, 0.717) is 22.9 Å². The second kappa shape index (κ2) is 8.14. The highest BCUT2D eigenvalue weighted by atomic mass is 35.5. The fourth-order valence-electron chi connectivity index (χ4n) is 4.44. The van der Waals surface area contributed by atoms with Crippen molar-refractivity contribution in [2.45, 2.75) is 19.9 Å². The number of anilines is 2. The minimum absolute atomic E-state index is 0.0384. The molecule has 5 nitrogen and oxygen atoms in total. The van der Waals surface area contributed by atoms with Gasteiger partial charge in [-0.25, -0.2) is 0 Å². The number of aliphatic carboxylic acids is 1. The number of aryl methyl sites for hydroxylation is 1. The zero-order valence-corrected chi connectivity index (χ0v) is 19.5. The number of hydrogen-bond donors (Lipinski definition) is 3. The number of nitrogens with zero attached hydrogens (tertiary/aromatic N) is 1. The Hall–Kier alpha value is -3.48. The minimum Gasteiger partial charge on any atom is -0.481 e. The first-order valence-electron chi connectivity index (χ1n) is 10.5. The van der Waals surface area contributed by atoms with Crippen LogP contribution in [0.4, 0.5) is 11.4 Å². The molecule has 0 bridgehead atoms. The van der Waals surface area contributed by atoms with Gasteiger partial charge >= 0.3 is 5.97 Å². The Morgan fingerprint density at radius 1 is 1.00 bits per heavy atom. The van der Waals surface area contributed by atoms with E-state index in [-0.39, 0.29) is 6.42 Å². The van der Waals surface area contributed by atoms with Crippen molar-refractivity contribution in [1.82, 2.24) is 4.57 Å². The van der Waals surface area contributed by atoms with Crippen LogP contribution in [0.1, 0.15) is 16.0 Å². The van der Waals surface area contributed by atoms with E-state index in [2.05, 4.69) is 17.6 Å². The first-order valence-corrected chi connectivity index (χ1v) is 11.7. The molecule has 5 aromatic rings. The van der Waals surface area contributed by atoms with Crippen molar-refractivity contribution in [1.29, 1.82) is 0 Å². The van der Waals surface area contributed by atoms with Crippen molar-refractivity contribution in [3.63, 3.8) is 0 Å². The van der Waals surface area contributed by atoms with Crippen molar-refractivity contribution in [3.8, 4) is 11.1 Å². The van der Waals surface area contributed by atoms with Gasteiger partial charge in [0.1, 0.15) is 0 Å². The zero-order chi connectivity index (χ0) is 23.3. The van der Waals surface area contributed by atoms with Gasteiger partial charge in [-0.3, -0.25) is 4.79 Å². The number of hydrogen-bond acceptors (Lipinski definition) is 4. The average molecular weight is 476 g/mol. The normalized spacial score (nSPS) is 11.5. The van der Waals surface area contributed by atoms with Crippen LogP contribution < -0.4 is 11.5 Å². The summed E-state index contributed by atoms with van der Waals surface area (Å²) in [7, 11) is 0. The summed E-state index contributed by atoms with van der Waals surface area (Å²) in [4.78, 5) is 12.7. The monoisotopic (exact) mass is 475 g/mol. The van der Waals surface area contributed by atoms with Gasteiger partial charge in [-0.2, -0.15) is 0 Å². The molecule has 2 aromatic heterocycles. The second-order valence-electron chi connectivity index (χ2n) is 8.25. The van der Waals surface area contributed by atoms with Gasteiger partial charge in [0.2, 0.25) is 0 Å². The molecule has 5 rings (SSSR count). The molecule has 5 N–H and O–H groups in total. The van der Waals surface area contributed by atoms with E-state index in [1.54, 1.807) is 17.4 Å². The first kappa shape index (κ1) is 21.4. The third-order valence-electron chi connectivity index (χ3n) is 5.90. The van der Waals surface area contributed by atoms with Gasteiger partial charge in [-0.05, 0) is 77.0 Å². The number of thiophene rings is 1. The molecule has 2 heterocycles. The maximum atomic E-state index is 11.5. The molecular formula is C26H22ClN3O2S. The minimum atomic E-state index is -0.856. The maximum absolute atomic E-state index is 11.5. The van der Waals surface area contributed by atoms with E-state index >= 15 is 0 Å². The summed E-state index contributed by atoms with van der Waals surface area (Å²) in [5.41, 5.74) is 18.1. The van der Waals surface area contributed by atoms with Gasteiger partial charge in [0.05, 0.1) is 6.42 Å². The summed E-state index contributed by atoms with van der Waals surface area (Å²) >= 11 is 8.02. The topological polar surface area (TPSA) is 94.3 Å². The van der Waals surface area contributed by atoms with Crippen molar-refractivity contribution in [2.75, 3.05) is 11.5 Å².